The molecular weight excluding hydrogens is 324 g/mol. The van der Waals surface area contributed by atoms with E-state index in [1.165, 1.54) is 0 Å². The molecule has 128 valence electrons. The van der Waals surface area contributed by atoms with Crippen molar-refractivity contribution in [2.24, 2.45) is 0 Å². The summed E-state index contributed by atoms with van der Waals surface area (Å²) in [4.78, 5) is 6.35. The summed E-state index contributed by atoms with van der Waals surface area (Å²) in [6, 6.07) is 10.6. The van der Waals surface area contributed by atoms with E-state index in [4.69, 9.17) is 0 Å². The van der Waals surface area contributed by atoms with E-state index in [0.717, 1.165) is 11.3 Å². The van der Waals surface area contributed by atoms with Crippen molar-refractivity contribution in [1.29, 1.82) is 0 Å². The molecule has 0 radical (unpaired) electrons. The SMILES string of the molecule is CN(C)c1cccc(S(=O)(=O)N2CCNCC2c2cccnc2)c1. The summed E-state index contributed by atoms with van der Waals surface area (Å²) in [5.74, 6) is 0. The Morgan fingerprint density at radius 1 is 1.25 bits per heavy atom. The van der Waals surface area contributed by atoms with Gasteiger partial charge in [-0.2, -0.15) is 4.31 Å². The Bertz CT molecular complexity index is 793. The second-order valence-corrected chi connectivity index (χ2v) is 7.90. The maximum Gasteiger partial charge on any atom is 0.243 e. The Morgan fingerprint density at radius 2 is 2.08 bits per heavy atom. The van der Waals surface area contributed by atoms with Crippen LogP contribution in [-0.2, 0) is 10.0 Å². The van der Waals surface area contributed by atoms with E-state index < -0.39 is 10.0 Å². The van der Waals surface area contributed by atoms with Gasteiger partial charge in [0.25, 0.3) is 0 Å². The topological polar surface area (TPSA) is 65.5 Å². The average molecular weight is 346 g/mol. The largest absolute Gasteiger partial charge is 0.378 e. The third kappa shape index (κ3) is 3.28. The summed E-state index contributed by atoms with van der Waals surface area (Å²) < 4.78 is 28.0. The van der Waals surface area contributed by atoms with Crippen LogP contribution >= 0.6 is 0 Å². The summed E-state index contributed by atoms with van der Waals surface area (Å²) in [5.41, 5.74) is 1.76. The lowest BCUT2D eigenvalue weighted by Crippen LogP contribution is -2.48. The van der Waals surface area contributed by atoms with Crippen molar-refractivity contribution in [2.75, 3.05) is 38.6 Å². The number of rotatable bonds is 4. The second-order valence-electron chi connectivity index (χ2n) is 6.01. The van der Waals surface area contributed by atoms with Crippen molar-refractivity contribution < 1.29 is 8.42 Å². The van der Waals surface area contributed by atoms with Crippen molar-refractivity contribution in [1.82, 2.24) is 14.6 Å². The maximum atomic E-state index is 13.2. The minimum absolute atomic E-state index is 0.250. The predicted molar refractivity (Wildman–Crippen MR) is 94.5 cm³/mol. The van der Waals surface area contributed by atoms with E-state index in [9.17, 15) is 8.42 Å². The molecule has 3 rings (SSSR count). The Hall–Kier alpha value is -1.96. The third-order valence-corrected chi connectivity index (χ3v) is 6.11. The lowest BCUT2D eigenvalue weighted by molar-refractivity contribution is 0.271. The highest BCUT2D eigenvalue weighted by Gasteiger charge is 2.34. The molecule has 1 N–H and O–H groups in total. The fourth-order valence-electron chi connectivity index (χ4n) is 2.89. The predicted octanol–water partition coefficient (Wildman–Crippen LogP) is 1.48. The summed E-state index contributed by atoms with van der Waals surface area (Å²) >= 11 is 0. The highest BCUT2D eigenvalue weighted by molar-refractivity contribution is 7.89. The normalized spacial score (nSPS) is 19.2. The van der Waals surface area contributed by atoms with E-state index in [-0.39, 0.29) is 6.04 Å². The number of nitrogens with one attached hydrogen (secondary N) is 1. The first-order valence-electron chi connectivity index (χ1n) is 7.90. The number of anilines is 1. The van der Waals surface area contributed by atoms with Gasteiger partial charge in [0.2, 0.25) is 10.0 Å². The molecule has 0 bridgehead atoms. The quantitative estimate of drug-likeness (QED) is 0.908. The molecule has 1 fully saturated rings. The van der Waals surface area contributed by atoms with Gasteiger partial charge in [0.1, 0.15) is 0 Å². The molecule has 1 aliphatic rings. The zero-order valence-corrected chi connectivity index (χ0v) is 14.7. The lowest BCUT2D eigenvalue weighted by atomic mass is 10.1. The maximum absolute atomic E-state index is 13.2. The van der Waals surface area contributed by atoms with Gasteiger partial charge < -0.3 is 10.2 Å². The lowest BCUT2D eigenvalue weighted by Gasteiger charge is -2.35. The van der Waals surface area contributed by atoms with Gasteiger partial charge in [-0.3, -0.25) is 4.98 Å². The molecule has 1 saturated heterocycles. The molecule has 1 aromatic heterocycles. The summed E-state index contributed by atoms with van der Waals surface area (Å²) in [5, 5.41) is 3.27. The number of nitrogens with zero attached hydrogens (tertiary/aromatic N) is 3. The first-order chi connectivity index (χ1) is 11.5. The van der Waals surface area contributed by atoms with Crippen LogP contribution in [0.5, 0.6) is 0 Å². The van der Waals surface area contributed by atoms with Crippen LogP contribution in [0.25, 0.3) is 0 Å². The molecule has 0 amide bonds. The van der Waals surface area contributed by atoms with Crippen molar-refractivity contribution in [3.05, 3.63) is 54.4 Å². The first-order valence-corrected chi connectivity index (χ1v) is 9.34. The van der Waals surface area contributed by atoms with Gasteiger partial charge in [-0.15, -0.1) is 0 Å². The molecule has 1 unspecified atom stereocenters. The Morgan fingerprint density at radius 3 is 2.79 bits per heavy atom. The highest BCUT2D eigenvalue weighted by Crippen LogP contribution is 2.29. The molecular formula is C17H22N4O2S. The second kappa shape index (κ2) is 6.88. The van der Waals surface area contributed by atoms with Crippen molar-refractivity contribution in [3.63, 3.8) is 0 Å². The Balaban J connectivity index is 1.99. The molecule has 24 heavy (non-hydrogen) atoms. The third-order valence-electron chi connectivity index (χ3n) is 4.20. The molecule has 1 atom stereocenters. The molecule has 2 heterocycles. The minimum Gasteiger partial charge on any atom is -0.378 e. The summed E-state index contributed by atoms with van der Waals surface area (Å²) in [6.45, 7) is 1.66. The van der Waals surface area contributed by atoms with Crippen molar-refractivity contribution in [2.45, 2.75) is 10.9 Å². The minimum atomic E-state index is -3.58. The van der Waals surface area contributed by atoms with Crippen molar-refractivity contribution in [3.8, 4) is 0 Å². The van der Waals surface area contributed by atoms with Gasteiger partial charge in [0.05, 0.1) is 10.9 Å². The summed E-state index contributed by atoms with van der Waals surface area (Å²) in [7, 11) is 0.219. The molecule has 6 nitrogen and oxygen atoms in total. The van der Waals surface area contributed by atoms with Crippen LogP contribution in [0.3, 0.4) is 0 Å². The monoisotopic (exact) mass is 346 g/mol. The smallest absolute Gasteiger partial charge is 0.243 e. The Labute approximate surface area is 143 Å². The molecule has 2 aromatic rings. The Kier molecular flexibility index (Phi) is 4.84. The molecule has 0 aliphatic carbocycles. The van der Waals surface area contributed by atoms with Crippen LogP contribution in [0.1, 0.15) is 11.6 Å². The highest BCUT2D eigenvalue weighted by atomic mass is 32.2. The first kappa shape index (κ1) is 16.9. The molecule has 7 heteroatoms. The number of pyridine rings is 1. The van der Waals surface area contributed by atoms with E-state index in [0.29, 0.717) is 24.5 Å². The number of piperazine rings is 1. The van der Waals surface area contributed by atoms with Crippen LogP contribution in [0.4, 0.5) is 5.69 Å². The summed E-state index contributed by atoms with van der Waals surface area (Å²) in [6.07, 6.45) is 3.43. The van der Waals surface area contributed by atoms with Crippen LogP contribution in [0.2, 0.25) is 0 Å². The van der Waals surface area contributed by atoms with Gasteiger partial charge >= 0.3 is 0 Å². The van der Waals surface area contributed by atoms with Crippen LogP contribution < -0.4 is 10.2 Å². The van der Waals surface area contributed by atoms with Gasteiger partial charge in [0.15, 0.2) is 0 Å². The standard InChI is InChI=1S/C17H22N4O2S/c1-20(2)15-6-3-7-16(11-15)24(22,23)21-10-9-19-13-17(21)14-5-4-8-18-12-14/h3-8,11-12,17,19H,9-10,13H2,1-2H3. The number of sulfonamides is 1. The fraction of sp³-hybridized carbons (Fsp3) is 0.353. The molecule has 1 aliphatic heterocycles. The fourth-order valence-corrected chi connectivity index (χ4v) is 4.54. The zero-order valence-electron chi connectivity index (χ0n) is 13.9. The van der Waals surface area contributed by atoms with Crippen molar-refractivity contribution >= 4 is 15.7 Å². The molecule has 0 spiro atoms. The van der Waals surface area contributed by atoms with Crippen LogP contribution in [0, 0.1) is 0 Å². The van der Waals surface area contributed by atoms with E-state index in [1.807, 2.05) is 37.2 Å². The molecule has 1 aromatic carbocycles. The number of hydrogen-bond acceptors (Lipinski definition) is 5. The number of hydrogen-bond donors (Lipinski definition) is 1. The van der Waals surface area contributed by atoms with Crippen LogP contribution in [-0.4, -0.2) is 51.4 Å². The van der Waals surface area contributed by atoms with Gasteiger partial charge in [-0.1, -0.05) is 12.1 Å². The number of aromatic nitrogens is 1. The van der Waals surface area contributed by atoms with E-state index in [2.05, 4.69) is 10.3 Å². The van der Waals surface area contributed by atoms with Crippen LogP contribution in [0.15, 0.2) is 53.7 Å². The van der Waals surface area contributed by atoms with Gasteiger partial charge in [0, 0.05) is 51.8 Å². The number of benzene rings is 1. The zero-order chi connectivity index (χ0) is 17.2. The van der Waals surface area contributed by atoms with Gasteiger partial charge in [-0.05, 0) is 29.8 Å². The van der Waals surface area contributed by atoms with E-state index in [1.54, 1.807) is 34.9 Å². The van der Waals surface area contributed by atoms with Gasteiger partial charge in [-0.25, -0.2) is 8.42 Å². The average Bonchev–Trinajstić information content (AvgIpc) is 2.62. The van der Waals surface area contributed by atoms with E-state index >= 15 is 0 Å². The molecule has 0 saturated carbocycles.